The molecule has 0 spiro atoms. The topological polar surface area (TPSA) is 42.3 Å². The first-order valence-corrected chi connectivity index (χ1v) is 8.92. The minimum Gasteiger partial charge on any atom is -0.379 e. The number of nitrogens with one attached hydrogen (secondary N) is 1. The van der Waals surface area contributed by atoms with Gasteiger partial charge in [0, 0.05) is 38.4 Å². The number of benzene rings is 2. The minimum atomic E-state index is 0.865. The molecule has 1 fully saturated rings. The van der Waals surface area contributed by atoms with Crippen molar-refractivity contribution in [3.63, 3.8) is 0 Å². The molecule has 0 amide bonds. The maximum atomic E-state index is 5.38. The van der Waals surface area contributed by atoms with Crippen molar-refractivity contribution in [2.45, 2.75) is 6.54 Å². The summed E-state index contributed by atoms with van der Waals surface area (Å²) in [4.78, 5) is 6.91. The van der Waals surface area contributed by atoms with Crippen LogP contribution in [0.1, 0.15) is 5.56 Å². The molecule has 1 aromatic heterocycles. The van der Waals surface area contributed by atoms with Crippen molar-refractivity contribution in [3.05, 3.63) is 60.4 Å². The molecule has 0 radical (unpaired) electrons. The van der Waals surface area contributed by atoms with Gasteiger partial charge in [0.25, 0.3) is 0 Å². The van der Waals surface area contributed by atoms with Crippen molar-refractivity contribution in [2.75, 3.05) is 39.4 Å². The molecule has 2 aromatic carbocycles. The largest absolute Gasteiger partial charge is 0.379 e. The first-order valence-electron chi connectivity index (χ1n) is 8.92. The first kappa shape index (κ1) is 16.3. The highest BCUT2D eigenvalue weighted by Crippen LogP contribution is 2.18. The van der Waals surface area contributed by atoms with E-state index in [0.29, 0.717) is 0 Å². The third-order valence-electron chi connectivity index (χ3n) is 4.71. The van der Waals surface area contributed by atoms with Gasteiger partial charge < -0.3 is 10.1 Å². The van der Waals surface area contributed by atoms with Gasteiger partial charge in [-0.2, -0.15) is 0 Å². The molecule has 0 unspecified atom stereocenters. The lowest BCUT2D eigenvalue weighted by atomic mass is 10.2. The number of fused-ring (bicyclic) bond motifs is 1. The van der Waals surface area contributed by atoms with Crippen LogP contribution in [-0.2, 0) is 11.3 Å². The number of imidazole rings is 1. The van der Waals surface area contributed by atoms with E-state index < -0.39 is 0 Å². The van der Waals surface area contributed by atoms with Crippen LogP contribution in [0.15, 0.2) is 54.9 Å². The zero-order valence-corrected chi connectivity index (χ0v) is 14.4. The number of rotatable bonds is 6. The molecule has 1 aliphatic heterocycles. The summed E-state index contributed by atoms with van der Waals surface area (Å²) in [6.07, 6.45) is 1.89. The highest BCUT2D eigenvalue weighted by molar-refractivity contribution is 5.77. The van der Waals surface area contributed by atoms with Crippen LogP contribution in [0.4, 0.5) is 0 Å². The lowest BCUT2D eigenvalue weighted by Crippen LogP contribution is -2.40. The summed E-state index contributed by atoms with van der Waals surface area (Å²) in [6.45, 7) is 6.82. The third kappa shape index (κ3) is 3.90. The van der Waals surface area contributed by atoms with Gasteiger partial charge in [0.05, 0.1) is 24.2 Å². The fourth-order valence-electron chi connectivity index (χ4n) is 3.23. The lowest BCUT2D eigenvalue weighted by molar-refractivity contribution is 0.0384. The highest BCUT2D eigenvalue weighted by Gasteiger charge is 2.09. The van der Waals surface area contributed by atoms with Crippen LogP contribution in [0, 0.1) is 0 Å². The molecule has 3 aromatic rings. The number of hydrogen-bond acceptors (Lipinski definition) is 4. The second-order valence-corrected chi connectivity index (χ2v) is 6.40. The molecule has 1 saturated heterocycles. The van der Waals surface area contributed by atoms with Gasteiger partial charge in [0.2, 0.25) is 0 Å². The van der Waals surface area contributed by atoms with E-state index in [9.17, 15) is 0 Å². The van der Waals surface area contributed by atoms with Gasteiger partial charge in [-0.05, 0) is 29.8 Å². The van der Waals surface area contributed by atoms with Crippen molar-refractivity contribution >= 4 is 11.0 Å². The summed E-state index contributed by atoms with van der Waals surface area (Å²) >= 11 is 0. The van der Waals surface area contributed by atoms with Crippen LogP contribution in [0.25, 0.3) is 16.7 Å². The molecular formula is C20H24N4O. The van der Waals surface area contributed by atoms with Crippen LogP contribution in [0.3, 0.4) is 0 Å². The van der Waals surface area contributed by atoms with Crippen molar-refractivity contribution in [3.8, 4) is 5.69 Å². The van der Waals surface area contributed by atoms with Crippen molar-refractivity contribution in [2.24, 2.45) is 0 Å². The Morgan fingerprint density at radius 2 is 1.80 bits per heavy atom. The van der Waals surface area contributed by atoms with Gasteiger partial charge in [-0.3, -0.25) is 9.47 Å². The van der Waals surface area contributed by atoms with E-state index in [2.05, 4.69) is 50.1 Å². The van der Waals surface area contributed by atoms with Gasteiger partial charge in [-0.1, -0.05) is 24.3 Å². The smallest absolute Gasteiger partial charge is 0.100 e. The van der Waals surface area contributed by atoms with Crippen molar-refractivity contribution in [1.82, 2.24) is 19.8 Å². The van der Waals surface area contributed by atoms with Crippen molar-refractivity contribution < 1.29 is 4.74 Å². The van der Waals surface area contributed by atoms with E-state index >= 15 is 0 Å². The van der Waals surface area contributed by atoms with Crippen LogP contribution in [-0.4, -0.2) is 53.8 Å². The van der Waals surface area contributed by atoms with E-state index in [1.807, 2.05) is 24.5 Å². The average Bonchev–Trinajstić information content (AvgIpc) is 3.11. The highest BCUT2D eigenvalue weighted by atomic mass is 16.5. The molecule has 5 nitrogen and oxygen atoms in total. The van der Waals surface area contributed by atoms with E-state index in [4.69, 9.17) is 4.74 Å². The predicted octanol–water partition coefficient (Wildman–Crippen LogP) is 2.45. The molecule has 130 valence electrons. The van der Waals surface area contributed by atoms with Gasteiger partial charge in [0.15, 0.2) is 0 Å². The second-order valence-electron chi connectivity index (χ2n) is 6.40. The summed E-state index contributed by atoms with van der Waals surface area (Å²) in [5.74, 6) is 0. The molecule has 1 N–H and O–H groups in total. The Hall–Kier alpha value is -2.21. The normalized spacial score (nSPS) is 15.7. The van der Waals surface area contributed by atoms with Crippen LogP contribution < -0.4 is 5.32 Å². The summed E-state index contributed by atoms with van der Waals surface area (Å²) in [7, 11) is 0. The number of hydrogen-bond donors (Lipinski definition) is 1. The quantitative estimate of drug-likeness (QED) is 0.702. The summed E-state index contributed by atoms with van der Waals surface area (Å²) in [5.41, 5.74) is 4.61. The van der Waals surface area contributed by atoms with Crippen LogP contribution >= 0.6 is 0 Å². The van der Waals surface area contributed by atoms with Gasteiger partial charge in [-0.25, -0.2) is 4.98 Å². The SMILES string of the molecule is c1ccc2c(c1)ncn2-c1ccc(CNCCN2CCOCC2)cc1. The zero-order chi connectivity index (χ0) is 16.9. The number of para-hydroxylation sites is 2. The zero-order valence-electron chi connectivity index (χ0n) is 14.4. The fourth-order valence-corrected chi connectivity index (χ4v) is 3.23. The Kier molecular flexibility index (Phi) is 5.06. The second kappa shape index (κ2) is 7.78. The molecule has 4 rings (SSSR count). The van der Waals surface area contributed by atoms with Gasteiger partial charge >= 0.3 is 0 Å². The molecule has 0 atom stereocenters. The number of ether oxygens (including phenoxy) is 1. The summed E-state index contributed by atoms with van der Waals surface area (Å²) in [6, 6.07) is 16.9. The van der Waals surface area contributed by atoms with Crippen LogP contribution in [0.5, 0.6) is 0 Å². The molecule has 2 heterocycles. The van der Waals surface area contributed by atoms with E-state index in [-0.39, 0.29) is 0 Å². The van der Waals surface area contributed by atoms with Gasteiger partial charge in [-0.15, -0.1) is 0 Å². The average molecular weight is 336 g/mol. The third-order valence-corrected chi connectivity index (χ3v) is 4.71. The molecule has 5 heteroatoms. The lowest BCUT2D eigenvalue weighted by Gasteiger charge is -2.26. The standard InChI is InChI=1S/C20H24N4O/c1-2-4-20-19(3-1)22-16-24(20)18-7-5-17(6-8-18)15-21-9-10-23-11-13-25-14-12-23/h1-8,16,21H,9-15H2. The Bertz CT molecular complexity index is 806. The molecule has 0 aliphatic carbocycles. The fraction of sp³-hybridized carbons (Fsp3) is 0.350. The van der Waals surface area contributed by atoms with Gasteiger partial charge in [0.1, 0.15) is 6.33 Å². The molecule has 0 bridgehead atoms. The number of morpholine rings is 1. The van der Waals surface area contributed by atoms with E-state index in [1.165, 1.54) is 5.56 Å². The molecule has 1 aliphatic rings. The maximum absolute atomic E-state index is 5.38. The van der Waals surface area contributed by atoms with E-state index in [0.717, 1.165) is 62.7 Å². The molecule has 25 heavy (non-hydrogen) atoms. The van der Waals surface area contributed by atoms with Crippen molar-refractivity contribution in [1.29, 1.82) is 0 Å². The van der Waals surface area contributed by atoms with Crippen LogP contribution in [0.2, 0.25) is 0 Å². The Balaban J connectivity index is 1.32. The number of aromatic nitrogens is 2. The van der Waals surface area contributed by atoms with E-state index in [1.54, 1.807) is 0 Å². The molecular weight excluding hydrogens is 312 g/mol. The first-order chi connectivity index (χ1) is 12.4. The molecule has 0 saturated carbocycles. The number of nitrogens with zero attached hydrogens (tertiary/aromatic N) is 3. The Morgan fingerprint density at radius 1 is 1.00 bits per heavy atom. The predicted molar refractivity (Wildman–Crippen MR) is 100 cm³/mol. The maximum Gasteiger partial charge on any atom is 0.100 e. The Morgan fingerprint density at radius 3 is 2.64 bits per heavy atom. The summed E-state index contributed by atoms with van der Waals surface area (Å²) < 4.78 is 7.51. The Labute approximate surface area is 148 Å². The minimum absolute atomic E-state index is 0.865. The summed E-state index contributed by atoms with van der Waals surface area (Å²) in [5, 5.41) is 3.53. The monoisotopic (exact) mass is 336 g/mol.